The largest absolute Gasteiger partial charge is 0.284 e. The van der Waals surface area contributed by atoms with Gasteiger partial charge in [-0.2, -0.15) is 0 Å². The second kappa shape index (κ2) is 10.00. The number of hydrogen-bond donors (Lipinski definition) is 0. The Kier molecular flexibility index (Phi) is 7.39. The SMILES string of the molecule is CC[C@H](C)CCCCN(C(=O)c1ccc([N+](=O)[O-])cc1Cl)c1nc2ccccc2s1. The fourth-order valence-electron chi connectivity index (χ4n) is 3.16. The van der Waals surface area contributed by atoms with Crippen molar-refractivity contribution in [2.24, 2.45) is 5.92 Å². The van der Waals surface area contributed by atoms with Gasteiger partial charge in [0.15, 0.2) is 5.13 Å². The maximum Gasteiger partial charge on any atom is 0.270 e. The van der Waals surface area contributed by atoms with Gasteiger partial charge in [-0.25, -0.2) is 4.98 Å². The van der Waals surface area contributed by atoms with Crippen LogP contribution >= 0.6 is 22.9 Å². The third-order valence-corrected chi connectivity index (χ3v) is 6.55. The number of nitrogens with zero attached hydrogens (tertiary/aromatic N) is 3. The third kappa shape index (κ3) is 5.15. The van der Waals surface area contributed by atoms with Crippen molar-refractivity contribution in [1.29, 1.82) is 0 Å². The number of anilines is 1. The fraction of sp³-hybridized carbons (Fsp3) is 0.364. The van der Waals surface area contributed by atoms with Gasteiger partial charge in [0.25, 0.3) is 11.6 Å². The highest BCUT2D eigenvalue weighted by molar-refractivity contribution is 7.22. The first-order chi connectivity index (χ1) is 14.4. The Morgan fingerprint density at radius 3 is 2.70 bits per heavy atom. The summed E-state index contributed by atoms with van der Waals surface area (Å²) in [6, 6.07) is 11.7. The number of carbonyl (C=O) groups is 1. The van der Waals surface area contributed by atoms with Crippen LogP contribution in [0.5, 0.6) is 0 Å². The molecule has 1 atom stereocenters. The van der Waals surface area contributed by atoms with Gasteiger partial charge in [0.05, 0.1) is 25.7 Å². The van der Waals surface area contributed by atoms with E-state index in [1.165, 1.54) is 29.5 Å². The van der Waals surface area contributed by atoms with Crippen LogP contribution in [0.4, 0.5) is 10.8 Å². The van der Waals surface area contributed by atoms with E-state index >= 15 is 0 Å². The molecule has 2 aromatic carbocycles. The lowest BCUT2D eigenvalue weighted by molar-refractivity contribution is -0.384. The van der Waals surface area contributed by atoms with Crippen LogP contribution in [0.1, 0.15) is 49.9 Å². The summed E-state index contributed by atoms with van der Waals surface area (Å²) in [5.74, 6) is 0.359. The maximum absolute atomic E-state index is 13.3. The number of nitro benzene ring substituents is 1. The van der Waals surface area contributed by atoms with Gasteiger partial charge in [-0.05, 0) is 30.5 Å². The van der Waals surface area contributed by atoms with Crippen molar-refractivity contribution < 1.29 is 9.72 Å². The first-order valence-electron chi connectivity index (χ1n) is 10.0. The molecule has 0 unspecified atom stereocenters. The monoisotopic (exact) mass is 445 g/mol. The number of unbranched alkanes of at least 4 members (excludes halogenated alkanes) is 1. The molecule has 3 aromatic rings. The molecular formula is C22H24ClN3O3S. The molecule has 3 rings (SSSR count). The van der Waals surface area contributed by atoms with Crippen LogP contribution in [0.2, 0.25) is 5.02 Å². The van der Waals surface area contributed by atoms with Gasteiger partial charge in [-0.1, -0.05) is 68.2 Å². The number of amides is 1. The lowest BCUT2D eigenvalue weighted by Crippen LogP contribution is -2.32. The number of fused-ring (bicyclic) bond motifs is 1. The molecule has 1 heterocycles. The van der Waals surface area contributed by atoms with Gasteiger partial charge < -0.3 is 0 Å². The summed E-state index contributed by atoms with van der Waals surface area (Å²) in [4.78, 5) is 30.1. The Balaban J connectivity index is 1.88. The van der Waals surface area contributed by atoms with Gasteiger partial charge in [-0.3, -0.25) is 19.8 Å². The maximum atomic E-state index is 13.3. The highest BCUT2D eigenvalue weighted by atomic mass is 35.5. The molecule has 158 valence electrons. The number of carbonyl (C=O) groups excluding carboxylic acids is 1. The number of aromatic nitrogens is 1. The molecule has 0 aliphatic heterocycles. The summed E-state index contributed by atoms with van der Waals surface area (Å²) in [6.45, 7) is 4.92. The van der Waals surface area contributed by atoms with Crippen LogP contribution in [0, 0.1) is 16.0 Å². The molecule has 8 heteroatoms. The molecule has 6 nitrogen and oxygen atoms in total. The Morgan fingerprint density at radius 1 is 1.27 bits per heavy atom. The van der Waals surface area contributed by atoms with Gasteiger partial charge >= 0.3 is 0 Å². The average Bonchev–Trinajstić information content (AvgIpc) is 3.16. The van der Waals surface area contributed by atoms with Gasteiger partial charge in [0.1, 0.15) is 0 Å². The van der Waals surface area contributed by atoms with Crippen molar-refractivity contribution in [2.45, 2.75) is 39.5 Å². The van der Waals surface area contributed by atoms with E-state index in [0.29, 0.717) is 17.6 Å². The second-order valence-corrected chi connectivity index (χ2v) is 8.77. The number of thiazole rings is 1. The minimum Gasteiger partial charge on any atom is -0.284 e. The zero-order chi connectivity index (χ0) is 21.7. The molecule has 0 radical (unpaired) electrons. The van der Waals surface area contributed by atoms with Crippen LogP contribution in [-0.4, -0.2) is 22.4 Å². The fourth-order valence-corrected chi connectivity index (χ4v) is 4.41. The molecule has 0 bridgehead atoms. The normalized spacial score (nSPS) is 12.1. The number of para-hydroxylation sites is 1. The molecule has 0 aliphatic rings. The minimum absolute atomic E-state index is 0.0694. The van der Waals surface area contributed by atoms with Crippen molar-refractivity contribution in [3.63, 3.8) is 0 Å². The highest BCUT2D eigenvalue weighted by Gasteiger charge is 2.24. The zero-order valence-electron chi connectivity index (χ0n) is 17.0. The molecule has 30 heavy (non-hydrogen) atoms. The Bertz CT molecular complexity index is 1020. The Hall–Kier alpha value is -2.51. The van der Waals surface area contributed by atoms with E-state index in [4.69, 9.17) is 11.6 Å². The van der Waals surface area contributed by atoms with Crippen LogP contribution in [-0.2, 0) is 0 Å². The van der Waals surface area contributed by atoms with E-state index in [9.17, 15) is 14.9 Å². The summed E-state index contributed by atoms with van der Waals surface area (Å²) in [5.41, 5.74) is 0.935. The molecule has 0 N–H and O–H groups in total. The summed E-state index contributed by atoms with van der Waals surface area (Å²) < 4.78 is 1.000. The van der Waals surface area contributed by atoms with Crippen molar-refractivity contribution in [1.82, 2.24) is 4.98 Å². The standard InChI is InChI=1S/C22H24ClN3O3S/c1-3-15(2)8-6-7-13-25(22-24-19-9-4-5-10-20(19)30-22)21(27)17-12-11-16(26(28)29)14-18(17)23/h4-5,9-12,14-15H,3,6-8,13H2,1-2H3/t15-/m0/s1. The average molecular weight is 446 g/mol. The van der Waals surface area contributed by atoms with Crippen molar-refractivity contribution in [3.05, 3.63) is 63.2 Å². The first kappa shape index (κ1) is 22.2. The molecule has 0 aliphatic carbocycles. The lowest BCUT2D eigenvalue weighted by atomic mass is 10.0. The van der Waals surface area contributed by atoms with Gasteiger partial charge in [-0.15, -0.1) is 0 Å². The number of benzene rings is 2. The molecule has 0 spiro atoms. The Morgan fingerprint density at radius 2 is 2.03 bits per heavy atom. The van der Waals surface area contributed by atoms with Gasteiger partial charge in [0.2, 0.25) is 0 Å². The summed E-state index contributed by atoms with van der Waals surface area (Å²) in [5, 5.41) is 11.7. The smallest absolute Gasteiger partial charge is 0.270 e. The Labute approximate surface area is 184 Å². The van der Waals surface area contributed by atoms with Crippen LogP contribution in [0.3, 0.4) is 0 Å². The van der Waals surface area contributed by atoms with E-state index in [0.717, 1.165) is 35.9 Å². The molecule has 1 amide bonds. The summed E-state index contributed by atoms with van der Waals surface area (Å²) >= 11 is 7.69. The highest BCUT2D eigenvalue weighted by Crippen LogP contribution is 2.32. The number of hydrogen-bond acceptors (Lipinski definition) is 5. The van der Waals surface area contributed by atoms with Crippen molar-refractivity contribution in [3.8, 4) is 0 Å². The number of halogens is 1. The summed E-state index contributed by atoms with van der Waals surface area (Å²) in [7, 11) is 0. The van der Waals surface area contributed by atoms with E-state index < -0.39 is 4.92 Å². The lowest BCUT2D eigenvalue weighted by Gasteiger charge is -2.21. The topological polar surface area (TPSA) is 76.3 Å². The van der Waals surface area contributed by atoms with Crippen LogP contribution < -0.4 is 4.90 Å². The third-order valence-electron chi connectivity index (χ3n) is 5.18. The molecule has 0 fully saturated rings. The van der Waals surface area contributed by atoms with E-state index in [2.05, 4.69) is 18.8 Å². The zero-order valence-corrected chi connectivity index (χ0v) is 18.6. The number of rotatable bonds is 9. The van der Waals surface area contributed by atoms with Crippen LogP contribution in [0.25, 0.3) is 10.2 Å². The van der Waals surface area contributed by atoms with Crippen molar-refractivity contribution >= 4 is 49.9 Å². The van der Waals surface area contributed by atoms with E-state index in [-0.39, 0.29) is 22.2 Å². The quantitative estimate of drug-likeness (QED) is 0.208. The molecule has 0 saturated heterocycles. The summed E-state index contributed by atoms with van der Waals surface area (Å²) in [6.07, 6.45) is 4.10. The van der Waals surface area contributed by atoms with E-state index in [1.54, 1.807) is 4.90 Å². The first-order valence-corrected chi connectivity index (χ1v) is 11.2. The number of nitro groups is 1. The minimum atomic E-state index is -0.527. The molecular weight excluding hydrogens is 422 g/mol. The number of non-ortho nitro benzene ring substituents is 1. The molecule has 0 saturated carbocycles. The van der Waals surface area contributed by atoms with Crippen LogP contribution in [0.15, 0.2) is 42.5 Å². The van der Waals surface area contributed by atoms with E-state index in [1.807, 2.05) is 24.3 Å². The predicted molar refractivity (Wildman–Crippen MR) is 123 cm³/mol. The van der Waals surface area contributed by atoms with Crippen molar-refractivity contribution in [2.75, 3.05) is 11.4 Å². The van der Waals surface area contributed by atoms with Gasteiger partial charge in [0, 0.05) is 18.7 Å². The molecule has 1 aromatic heterocycles. The predicted octanol–water partition coefficient (Wildman–Crippen LogP) is 6.72. The second-order valence-electron chi connectivity index (χ2n) is 7.35.